The maximum Gasteiger partial charge on any atom is 0.326 e. The highest BCUT2D eigenvalue weighted by molar-refractivity contribution is 5.98. The zero-order chi connectivity index (χ0) is 15.8. The van der Waals surface area contributed by atoms with Crippen molar-refractivity contribution in [3.05, 3.63) is 23.5 Å². The standard InChI is InChI=1S/C14H17N3O4/c1-7-9-5-8(6-15-12(9)21-17-7)11(18)16-10(13(19)20)14(2,3)4/h5-6,10H,1-4H3,(H,16,18)(H,19,20)/t10-/m0/s1. The molecular formula is C14H17N3O4. The molecule has 0 bridgehead atoms. The highest BCUT2D eigenvalue weighted by Crippen LogP contribution is 2.21. The maximum atomic E-state index is 12.2. The molecule has 2 aromatic heterocycles. The van der Waals surface area contributed by atoms with Gasteiger partial charge in [0.25, 0.3) is 11.6 Å². The van der Waals surface area contributed by atoms with Crippen LogP contribution in [-0.2, 0) is 4.79 Å². The number of nitrogens with one attached hydrogen (secondary N) is 1. The number of aromatic nitrogens is 2. The van der Waals surface area contributed by atoms with Gasteiger partial charge in [-0.1, -0.05) is 25.9 Å². The van der Waals surface area contributed by atoms with Crippen molar-refractivity contribution in [2.24, 2.45) is 5.41 Å². The number of carboxylic acid groups (broad SMARTS) is 1. The fourth-order valence-electron chi connectivity index (χ4n) is 1.93. The molecular weight excluding hydrogens is 274 g/mol. The normalized spacial score (nSPS) is 13.1. The Hall–Kier alpha value is -2.44. The zero-order valence-electron chi connectivity index (χ0n) is 12.3. The van der Waals surface area contributed by atoms with E-state index in [2.05, 4.69) is 15.5 Å². The third-order valence-electron chi connectivity index (χ3n) is 3.16. The average molecular weight is 291 g/mol. The first kappa shape index (κ1) is 15.0. The summed E-state index contributed by atoms with van der Waals surface area (Å²) in [4.78, 5) is 27.5. The van der Waals surface area contributed by atoms with Gasteiger partial charge in [-0.05, 0) is 18.4 Å². The second-order valence-electron chi connectivity index (χ2n) is 5.96. The number of nitrogens with zero attached hydrogens (tertiary/aromatic N) is 2. The summed E-state index contributed by atoms with van der Waals surface area (Å²) in [5.41, 5.74) is 0.628. The number of carbonyl (C=O) groups is 2. The lowest BCUT2D eigenvalue weighted by atomic mass is 9.86. The van der Waals surface area contributed by atoms with Crippen LogP contribution in [0.5, 0.6) is 0 Å². The number of hydrogen-bond donors (Lipinski definition) is 2. The van der Waals surface area contributed by atoms with Crippen molar-refractivity contribution in [3.8, 4) is 0 Å². The predicted molar refractivity (Wildman–Crippen MR) is 74.9 cm³/mol. The van der Waals surface area contributed by atoms with E-state index in [0.29, 0.717) is 16.8 Å². The second-order valence-corrected chi connectivity index (χ2v) is 5.96. The van der Waals surface area contributed by atoms with E-state index in [9.17, 15) is 14.7 Å². The number of hydrogen-bond acceptors (Lipinski definition) is 5. The topological polar surface area (TPSA) is 105 Å². The van der Waals surface area contributed by atoms with Crippen LogP contribution >= 0.6 is 0 Å². The molecule has 1 atom stereocenters. The number of fused-ring (bicyclic) bond motifs is 1. The first-order chi connectivity index (χ1) is 9.70. The fraction of sp³-hybridized carbons (Fsp3) is 0.429. The molecule has 0 aliphatic carbocycles. The van der Waals surface area contributed by atoms with E-state index in [4.69, 9.17) is 4.52 Å². The van der Waals surface area contributed by atoms with Crippen LogP contribution in [0, 0.1) is 12.3 Å². The largest absolute Gasteiger partial charge is 0.480 e. The van der Waals surface area contributed by atoms with Crippen LogP contribution in [0.3, 0.4) is 0 Å². The number of amides is 1. The predicted octanol–water partition coefficient (Wildman–Crippen LogP) is 1.76. The van der Waals surface area contributed by atoms with Gasteiger partial charge in [0, 0.05) is 6.20 Å². The van der Waals surface area contributed by atoms with Crippen LogP contribution in [0.1, 0.15) is 36.8 Å². The van der Waals surface area contributed by atoms with Crippen molar-refractivity contribution in [3.63, 3.8) is 0 Å². The van der Waals surface area contributed by atoms with Gasteiger partial charge >= 0.3 is 5.97 Å². The van der Waals surface area contributed by atoms with Gasteiger partial charge in [0.1, 0.15) is 6.04 Å². The van der Waals surface area contributed by atoms with E-state index >= 15 is 0 Å². The summed E-state index contributed by atoms with van der Waals surface area (Å²) < 4.78 is 4.97. The quantitative estimate of drug-likeness (QED) is 0.892. The van der Waals surface area contributed by atoms with Crippen molar-refractivity contribution in [2.75, 3.05) is 0 Å². The summed E-state index contributed by atoms with van der Waals surface area (Å²) in [5, 5.41) is 16.1. The van der Waals surface area contributed by atoms with Crippen LogP contribution in [0.15, 0.2) is 16.8 Å². The van der Waals surface area contributed by atoms with E-state index in [1.807, 2.05) is 0 Å². The van der Waals surface area contributed by atoms with E-state index in [1.54, 1.807) is 33.8 Å². The Labute approximate surface area is 121 Å². The molecule has 112 valence electrons. The third kappa shape index (κ3) is 3.01. The van der Waals surface area contributed by atoms with Crippen LogP contribution in [-0.4, -0.2) is 33.2 Å². The Balaban J connectivity index is 2.29. The monoisotopic (exact) mass is 291 g/mol. The van der Waals surface area contributed by atoms with Gasteiger partial charge in [-0.2, -0.15) is 0 Å². The van der Waals surface area contributed by atoms with Crippen LogP contribution in [0.2, 0.25) is 0 Å². The molecule has 2 N–H and O–H groups in total. The summed E-state index contributed by atoms with van der Waals surface area (Å²) in [6, 6.07) is 0.592. The Morgan fingerprint density at radius 2 is 2.05 bits per heavy atom. The molecule has 0 radical (unpaired) electrons. The molecule has 0 aromatic carbocycles. The molecule has 0 unspecified atom stereocenters. The van der Waals surface area contributed by atoms with Crippen molar-refractivity contribution >= 4 is 23.0 Å². The van der Waals surface area contributed by atoms with E-state index in [0.717, 1.165) is 0 Å². The molecule has 2 rings (SSSR count). The molecule has 0 aliphatic heterocycles. The van der Waals surface area contributed by atoms with E-state index in [1.165, 1.54) is 6.20 Å². The first-order valence-electron chi connectivity index (χ1n) is 6.46. The van der Waals surface area contributed by atoms with Gasteiger partial charge < -0.3 is 14.9 Å². The highest BCUT2D eigenvalue weighted by Gasteiger charge is 2.32. The summed E-state index contributed by atoms with van der Waals surface area (Å²) in [6.07, 6.45) is 1.34. The van der Waals surface area contributed by atoms with Crippen molar-refractivity contribution in [1.29, 1.82) is 0 Å². The minimum absolute atomic E-state index is 0.268. The van der Waals surface area contributed by atoms with Gasteiger partial charge in [-0.3, -0.25) is 4.79 Å². The summed E-state index contributed by atoms with van der Waals surface area (Å²) in [7, 11) is 0. The molecule has 0 aliphatic rings. The van der Waals surface area contributed by atoms with Crippen LogP contribution in [0.25, 0.3) is 11.1 Å². The van der Waals surface area contributed by atoms with Gasteiger partial charge in [0.05, 0.1) is 16.6 Å². The number of carbonyl (C=O) groups excluding carboxylic acids is 1. The molecule has 2 aromatic rings. The Morgan fingerprint density at radius 3 is 2.62 bits per heavy atom. The Kier molecular flexibility index (Phi) is 3.67. The minimum atomic E-state index is -1.08. The number of aliphatic carboxylic acids is 1. The minimum Gasteiger partial charge on any atom is -0.480 e. The first-order valence-corrected chi connectivity index (χ1v) is 6.46. The Morgan fingerprint density at radius 1 is 1.38 bits per heavy atom. The van der Waals surface area contributed by atoms with Crippen molar-refractivity contribution < 1.29 is 19.2 Å². The molecule has 2 heterocycles. The SMILES string of the molecule is Cc1noc2ncc(C(=O)N[C@@H](C(=O)O)C(C)(C)C)cc12. The summed E-state index contributed by atoms with van der Waals surface area (Å²) in [6.45, 7) is 6.98. The molecule has 0 saturated carbocycles. The molecule has 7 heteroatoms. The number of carboxylic acids is 1. The lowest BCUT2D eigenvalue weighted by Gasteiger charge is -2.27. The average Bonchev–Trinajstić information content (AvgIpc) is 2.75. The summed E-state index contributed by atoms with van der Waals surface area (Å²) >= 11 is 0. The molecule has 1 amide bonds. The van der Waals surface area contributed by atoms with Crippen molar-refractivity contribution in [2.45, 2.75) is 33.7 Å². The van der Waals surface area contributed by atoms with Crippen LogP contribution in [0.4, 0.5) is 0 Å². The van der Waals surface area contributed by atoms with Crippen LogP contribution < -0.4 is 5.32 Å². The van der Waals surface area contributed by atoms with Gasteiger partial charge in [-0.25, -0.2) is 9.78 Å². The van der Waals surface area contributed by atoms with E-state index in [-0.39, 0.29) is 5.56 Å². The molecule has 0 spiro atoms. The fourth-order valence-corrected chi connectivity index (χ4v) is 1.93. The molecule has 0 saturated heterocycles. The smallest absolute Gasteiger partial charge is 0.326 e. The lowest BCUT2D eigenvalue weighted by Crippen LogP contribution is -2.49. The summed E-state index contributed by atoms with van der Waals surface area (Å²) in [5.74, 6) is -1.57. The number of pyridine rings is 1. The third-order valence-corrected chi connectivity index (χ3v) is 3.16. The van der Waals surface area contributed by atoms with Gasteiger partial charge in [0.2, 0.25) is 0 Å². The molecule has 7 nitrogen and oxygen atoms in total. The van der Waals surface area contributed by atoms with Gasteiger partial charge in [0.15, 0.2) is 0 Å². The van der Waals surface area contributed by atoms with Crippen molar-refractivity contribution in [1.82, 2.24) is 15.5 Å². The highest BCUT2D eigenvalue weighted by atomic mass is 16.5. The van der Waals surface area contributed by atoms with Gasteiger partial charge in [-0.15, -0.1) is 0 Å². The zero-order valence-corrected chi connectivity index (χ0v) is 12.3. The lowest BCUT2D eigenvalue weighted by molar-refractivity contribution is -0.142. The second kappa shape index (κ2) is 5.16. The number of rotatable bonds is 3. The Bertz CT molecular complexity index is 700. The maximum absolute atomic E-state index is 12.2. The molecule has 21 heavy (non-hydrogen) atoms. The number of aryl methyl sites for hydroxylation is 1. The van der Waals surface area contributed by atoms with E-state index < -0.39 is 23.3 Å². The molecule has 0 fully saturated rings.